The summed E-state index contributed by atoms with van der Waals surface area (Å²) in [5.74, 6) is 0.302. The summed E-state index contributed by atoms with van der Waals surface area (Å²) in [6, 6.07) is -0.527. The topological polar surface area (TPSA) is 67.4 Å². The van der Waals surface area contributed by atoms with Gasteiger partial charge in [-0.2, -0.15) is 0 Å². The second-order valence-electron chi connectivity index (χ2n) is 5.53. The second-order valence-corrected chi connectivity index (χ2v) is 6.82. The highest BCUT2D eigenvalue weighted by Gasteiger charge is 2.23. The van der Waals surface area contributed by atoms with Crippen LogP contribution >= 0.6 is 11.8 Å². The zero-order chi connectivity index (χ0) is 15.0. The van der Waals surface area contributed by atoms with Crippen molar-refractivity contribution in [2.75, 3.05) is 26.0 Å². The zero-order valence-corrected chi connectivity index (χ0v) is 13.4. The van der Waals surface area contributed by atoms with Crippen molar-refractivity contribution in [1.82, 2.24) is 10.6 Å². The first-order chi connectivity index (χ1) is 9.52. The number of piperidine rings is 1. The molecule has 6 heteroatoms. The molecule has 1 saturated heterocycles. The van der Waals surface area contributed by atoms with Gasteiger partial charge in [0.1, 0.15) is 6.04 Å². The van der Waals surface area contributed by atoms with Crippen LogP contribution in [0.25, 0.3) is 0 Å². The standard InChI is InChI=1S/C14H26N2O3S/c1-10(2)8-12(14(18)19-3)16-13(17)9-20-11-4-6-15-7-5-11/h10-12,15H,4-9H2,1-3H3,(H,16,17). The molecule has 0 aromatic heterocycles. The van der Waals surface area contributed by atoms with E-state index in [9.17, 15) is 9.59 Å². The molecule has 0 radical (unpaired) electrons. The van der Waals surface area contributed by atoms with Gasteiger partial charge in [-0.05, 0) is 38.3 Å². The number of rotatable bonds is 7. The number of amides is 1. The molecule has 0 saturated carbocycles. The van der Waals surface area contributed by atoms with Crippen molar-refractivity contribution >= 4 is 23.6 Å². The highest BCUT2D eigenvalue weighted by Crippen LogP contribution is 2.19. The lowest BCUT2D eigenvalue weighted by Crippen LogP contribution is -2.43. The first kappa shape index (κ1) is 17.3. The second kappa shape index (κ2) is 9.23. The van der Waals surface area contributed by atoms with Crippen LogP contribution in [0.1, 0.15) is 33.1 Å². The fourth-order valence-electron chi connectivity index (χ4n) is 2.22. The van der Waals surface area contributed by atoms with E-state index in [0.717, 1.165) is 25.9 Å². The van der Waals surface area contributed by atoms with E-state index >= 15 is 0 Å². The van der Waals surface area contributed by atoms with Gasteiger partial charge in [0.25, 0.3) is 0 Å². The third kappa shape index (κ3) is 6.61. The maximum absolute atomic E-state index is 11.9. The van der Waals surface area contributed by atoms with Gasteiger partial charge in [0.15, 0.2) is 0 Å². The number of hydrogen-bond acceptors (Lipinski definition) is 5. The summed E-state index contributed by atoms with van der Waals surface area (Å²) in [5.41, 5.74) is 0. The van der Waals surface area contributed by atoms with E-state index in [4.69, 9.17) is 4.74 Å². The van der Waals surface area contributed by atoms with Crippen molar-refractivity contribution in [3.63, 3.8) is 0 Å². The molecule has 0 aromatic carbocycles. The summed E-state index contributed by atoms with van der Waals surface area (Å²) in [6.07, 6.45) is 2.81. The molecule has 20 heavy (non-hydrogen) atoms. The van der Waals surface area contributed by atoms with Crippen molar-refractivity contribution in [3.05, 3.63) is 0 Å². The predicted molar refractivity (Wildman–Crippen MR) is 81.8 cm³/mol. The summed E-state index contributed by atoms with van der Waals surface area (Å²) >= 11 is 1.68. The first-order valence-electron chi connectivity index (χ1n) is 7.22. The molecule has 5 nitrogen and oxygen atoms in total. The Morgan fingerprint density at radius 3 is 2.55 bits per heavy atom. The third-order valence-corrected chi connectivity index (χ3v) is 4.64. The molecule has 0 aromatic rings. The lowest BCUT2D eigenvalue weighted by atomic mass is 10.0. The molecular formula is C14H26N2O3S. The predicted octanol–water partition coefficient (Wildman–Crippen LogP) is 1.18. The van der Waals surface area contributed by atoms with Gasteiger partial charge in [0, 0.05) is 5.25 Å². The van der Waals surface area contributed by atoms with Gasteiger partial charge in [-0.1, -0.05) is 13.8 Å². The van der Waals surface area contributed by atoms with Crippen LogP contribution in [0, 0.1) is 5.92 Å². The molecular weight excluding hydrogens is 276 g/mol. The van der Waals surface area contributed by atoms with Gasteiger partial charge in [0.05, 0.1) is 12.9 Å². The minimum absolute atomic E-state index is 0.0791. The molecule has 0 bridgehead atoms. The molecule has 0 aliphatic carbocycles. The van der Waals surface area contributed by atoms with Crippen molar-refractivity contribution in [2.24, 2.45) is 5.92 Å². The summed E-state index contributed by atoms with van der Waals surface area (Å²) < 4.78 is 4.74. The van der Waals surface area contributed by atoms with Crippen LogP contribution in [-0.2, 0) is 14.3 Å². The Labute approximate surface area is 125 Å². The molecule has 1 aliphatic rings. The molecule has 1 rings (SSSR count). The summed E-state index contributed by atoms with van der Waals surface area (Å²) in [5, 5.41) is 6.64. The van der Waals surface area contributed by atoms with E-state index in [1.165, 1.54) is 7.11 Å². The number of carbonyl (C=O) groups excluding carboxylic acids is 2. The molecule has 116 valence electrons. The number of ether oxygens (including phenoxy) is 1. The Balaban J connectivity index is 2.34. The summed E-state index contributed by atoms with van der Waals surface area (Å²) in [6.45, 7) is 6.09. The number of methoxy groups -OCH3 is 1. The Kier molecular flexibility index (Phi) is 7.99. The number of carbonyl (C=O) groups is 2. The maximum atomic E-state index is 11.9. The zero-order valence-electron chi connectivity index (χ0n) is 12.6. The fourth-order valence-corrected chi connectivity index (χ4v) is 3.26. The first-order valence-corrected chi connectivity index (χ1v) is 8.27. The summed E-state index contributed by atoms with van der Waals surface area (Å²) in [4.78, 5) is 23.6. The SMILES string of the molecule is COC(=O)C(CC(C)C)NC(=O)CSC1CCNCC1. The largest absolute Gasteiger partial charge is 0.467 e. The van der Waals surface area contributed by atoms with Gasteiger partial charge >= 0.3 is 5.97 Å². The van der Waals surface area contributed by atoms with Gasteiger partial charge in [-0.3, -0.25) is 4.79 Å². The van der Waals surface area contributed by atoms with Crippen LogP contribution in [0.3, 0.4) is 0 Å². The van der Waals surface area contributed by atoms with E-state index in [-0.39, 0.29) is 11.9 Å². The van der Waals surface area contributed by atoms with Crippen LogP contribution in [-0.4, -0.2) is 49.1 Å². The average molecular weight is 302 g/mol. The molecule has 1 unspecified atom stereocenters. The van der Waals surface area contributed by atoms with E-state index in [1.807, 2.05) is 13.8 Å². The van der Waals surface area contributed by atoms with Crippen LogP contribution in [0.5, 0.6) is 0 Å². The molecule has 2 N–H and O–H groups in total. The molecule has 1 aliphatic heterocycles. The van der Waals surface area contributed by atoms with Crippen molar-refractivity contribution in [2.45, 2.75) is 44.4 Å². The van der Waals surface area contributed by atoms with Crippen LogP contribution in [0.2, 0.25) is 0 Å². The van der Waals surface area contributed by atoms with E-state index in [2.05, 4.69) is 10.6 Å². The number of nitrogens with one attached hydrogen (secondary N) is 2. The van der Waals surface area contributed by atoms with Gasteiger partial charge in [-0.15, -0.1) is 11.8 Å². The van der Waals surface area contributed by atoms with Crippen molar-refractivity contribution in [1.29, 1.82) is 0 Å². The Morgan fingerprint density at radius 2 is 2.00 bits per heavy atom. The van der Waals surface area contributed by atoms with Gasteiger partial charge < -0.3 is 15.4 Å². The molecule has 0 spiro atoms. The quantitative estimate of drug-likeness (QED) is 0.691. The third-order valence-electron chi connectivity index (χ3n) is 3.26. The van der Waals surface area contributed by atoms with Crippen LogP contribution in [0.4, 0.5) is 0 Å². The summed E-state index contributed by atoms with van der Waals surface area (Å²) in [7, 11) is 1.35. The molecule has 1 fully saturated rings. The maximum Gasteiger partial charge on any atom is 0.328 e. The molecule has 1 atom stereocenters. The lowest BCUT2D eigenvalue weighted by molar-refractivity contribution is -0.145. The number of hydrogen-bond donors (Lipinski definition) is 2. The average Bonchev–Trinajstić information content (AvgIpc) is 2.44. The van der Waals surface area contributed by atoms with Crippen LogP contribution < -0.4 is 10.6 Å². The monoisotopic (exact) mass is 302 g/mol. The minimum atomic E-state index is -0.527. The van der Waals surface area contributed by atoms with Crippen LogP contribution in [0.15, 0.2) is 0 Å². The number of esters is 1. The fraction of sp³-hybridized carbons (Fsp3) is 0.857. The smallest absolute Gasteiger partial charge is 0.328 e. The van der Waals surface area contributed by atoms with Crippen molar-refractivity contribution < 1.29 is 14.3 Å². The number of thioether (sulfide) groups is 1. The Hall–Kier alpha value is -0.750. The Bertz CT molecular complexity index is 318. The highest BCUT2D eigenvalue weighted by atomic mass is 32.2. The normalized spacial score (nSPS) is 17.8. The minimum Gasteiger partial charge on any atom is -0.467 e. The van der Waals surface area contributed by atoms with Gasteiger partial charge in [-0.25, -0.2) is 4.79 Å². The van der Waals surface area contributed by atoms with E-state index in [1.54, 1.807) is 11.8 Å². The van der Waals surface area contributed by atoms with E-state index in [0.29, 0.717) is 23.3 Å². The van der Waals surface area contributed by atoms with E-state index < -0.39 is 6.04 Å². The highest BCUT2D eigenvalue weighted by molar-refractivity contribution is 8.00. The Morgan fingerprint density at radius 1 is 1.35 bits per heavy atom. The van der Waals surface area contributed by atoms with Crippen molar-refractivity contribution in [3.8, 4) is 0 Å². The molecule has 1 amide bonds. The van der Waals surface area contributed by atoms with Gasteiger partial charge in [0.2, 0.25) is 5.91 Å². The lowest BCUT2D eigenvalue weighted by Gasteiger charge is -2.22. The molecule has 1 heterocycles.